The Morgan fingerprint density at radius 1 is 0.935 bits per heavy atom. The van der Waals surface area contributed by atoms with Crippen LogP contribution in [0.15, 0.2) is 72.8 Å². The number of hydrogen-bond acceptors (Lipinski definition) is 3. The van der Waals surface area contributed by atoms with Crippen molar-refractivity contribution in [3.63, 3.8) is 0 Å². The highest BCUT2D eigenvalue weighted by Crippen LogP contribution is 2.44. The lowest BCUT2D eigenvalue weighted by Gasteiger charge is -2.38. The van der Waals surface area contributed by atoms with E-state index in [4.69, 9.17) is 4.74 Å². The van der Waals surface area contributed by atoms with Gasteiger partial charge >= 0.3 is 6.09 Å². The molecule has 0 unspecified atom stereocenters. The second-order valence-corrected chi connectivity index (χ2v) is 8.33. The Labute approximate surface area is 180 Å². The van der Waals surface area contributed by atoms with Gasteiger partial charge in [-0.25, -0.2) is 9.18 Å². The van der Waals surface area contributed by atoms with E-state index in [2.05, 4.69) is 24.3 Å². The standard InChI is InChI=1S/C26H24FNO3/c27-19-11-9-18(10-12-19)26(30)13-15-28(16-14-26)25(29)31-17-24-22-7-3-1-5-20(22)21-6-2-4-8-23(21)24/h1-12,24,30H,13-17H2. The summed E-state index contributed by atoms with van der Waals surface area (Å²) >= 11 is 0. The van der Waals surface area contributed by atoms with Crippen molar-refractivity contribution < 1.29 is 19.0 Å². The first-order valence-electron chi connectivity index (χ1n) is 10.6. The normalized spacial score (nSPS) is 17.2. The Bertz CT molecular complexity index is 1060. The summed E-state index contributed by atoms with van der Waals surface area (Å²) in [5, 5.41) is 11.0. The lowest BCUT2D eigenvalue weighted by atomic mass is 9.84. The first-order valence-corrected chi connectivity index (χ1v) is 10.6. The van der Waals surface area contributed by atoms with E-state index in [0.717, 1.165) is 0 Å². The lowest BCUT2D eigenvalue weighted by Crippen LogP contribution is -2.45. The van der Waals surface area contributed by atoms with E-state index in [1.807, 2.05) is 24.3 Å². The fraction of sp³-hybridized carbons (Fsp3) is 0.269. The number of carbonyl (C=O) groups is 1. The Morgan fingerprint density at radius 3 is 2.06 bits per heavy atom. The number of likely N-dealkylation sites (tertiary alicyclic amines) is 1. The number of hydrogen-bond donors (Lipinski definition) is 1. The average molecular weight is 417 g/mol. The first kappa shape index (κ1) is 19.8. The predicted molar refractivity (Wildman–Crippen MR) is 116 cm³/mol. The largest absolute Gasteiger partial charge is 0.448 e. The number of piperidine rings is 1. The Morgan fingerprint density at radius 2 is 1.48 bits per heavy atom. The van der Waals surface area contributed by atoms with Crippen molar-refractivity contribution in [1.82, 2.24) is 4.90 Å². The van der Waals surface area contributed by atoms with Crippen LogP contribution in [0.3, 0.4) is 0 Å². The van der Waals surface area contributed by atoms with Crippen molar-refractivity contribution in [3.8, 4) is 11.1 Å². The molecule has 2 aliphatic rings. The third-order valence-electron chi connectivity index (χ3n) is 6.57. The third kappa shape index (κ3) is 3.59. The van der Waals surface area contributed by atoms with Crippen LogP contribution in [0.2, 0.25) is 0 Å². The molecule has 1 N–H and O–H groups in total. The average Bonchev–Trinajstić information content (AvgIpc) is 3.12. The van der Waals surface area contributed by atoms with E-state index in [0.29, 0.717) is 31.5 Å². The molecular formula is C26H24FNO3. The van der Waals surface area contributed by atoms with Crippen LogP contribution in [0.25, 0.3) is 11.1 Å². The summed E-state index contributed by atoms with van der Waals surface area (Å²) in [6.07, 6.45) is 0.425. The number of aliphatic hydroxyl groups is 1. The number of nitrogens with zero attached hydrogens (tertiary/aromatic N) is 1. The summed E-state index contributed by atoms with van der Waals surface area (Å²) in [5.41, 5.74) is 4.39. The molecular weight excluding hydrogens is 393 g/mol. The highest BCUT2D eigenvalue weighted by atomic mass is 19.1. The van der Waals surface area contributed by atoms with E-state index in [-0.39, 0.29) is 24.4 Å². The van der Waals surface area contributed by atoms with Crippen molar-refractivity contribution in [3.05, 3.63) is 95.3 Å². The molecule has 0 spiro atoms. The number of fused-ring (bicyclic) bond motifs is 3. The molecule has 5 rings (SSSR count). The molecule has 0 radical (unpaired) electrons. The fourth-order valence-corrected chi connectivity index (χ4v) is 4.79. The zero-order chi connectivity index (χ0) is 21.4. The topological polar surface area (TPSA) is 49.8 Å². The predicted octanol–water partition coefficient (Wildman–Crippen LogP) is 5.06. The third-order valence-corrected chi connectivity index (χ3v) is 6.57. The number of carbonyl (C=O) groups excluding carboxylic acids is 1. The van der Waals surface area contributed by atoms with E-state index in [9.17, 15) is 14.3 Å². The van der Waals surface area contributed by atoms with Gasteiger partial charge in [-0.05, 0) is 52.8 Å². The number of benzene rings is 3. The van der Waals surface area contributed by atoms with Gasteiger partial charge in [0, 0.05) is 19.0 Å². The minimum absolute atomic E-state index is 0.0253. The van der Waals surface area contributed by atoms with Crippen LogP contribution in [0.4, 0.5) is 9.18 Å². The minimum atomic E-state index is -1.05. The highest BCUT2D eigenvalue weighted by molar-refractivity contribution is 5.79. The molecule has 0 saturated carbocycles. The Hall–Kier alpha value is -3.18. The summed E-state index contributed by atoms with van der Waals surface area (Å²) in [7, 11) is 0. The Kier molecular flexibility index (Phi) is 4.98. The molecule has 0 aromatic heterocycles. The summed E-state index contributed by atoms with van der Waals surface area (Å²) in [6, 6.07) is 22.4. The summed E-state index contributed by atoms with van der Waals surface area (Å²) < 4.78 is 18.9. The highest BCUT2D eigenvalue weighted by Gasteiger charge is 2.36. The van der Waals surface area contributed by atoms with Crippen molar-refractivity contribution in [2.75, 3.05) is 19.7 Å². The zero-order valence-corrected chi connectivity index (χ0v) is 17.1. The molecule has 1 saturated heterocycles. The number of halogens is 1. The molecule has 1 fully saturated rings. The van der Waals surface area contributed by atoms with Gasteiger partial charge in [-0.3, -0.25) is 0 Å². The molecule has 31 heavy (non-hydrogen) atoms. The van der Waals surface area contributed by atoms with E-state index >= 15 is 0 Å². The molecule has 1 aliphatic heterocycles. The van der Waals surface area contributed by atoms with Crippen molar-refractivity contribution in [2.24, 2.45) is 0 Å². The van der Waals surface area contributed by atoms with Gasteiger partial charge < -0.3 is 14.7 Å². The van der Waals surface area contributed by atoms with Crippen LogP contribution < -0.4 is 0 Å². The molecule has 3 aromatic rings. The lowest BCUT2D eigenvalue weighted by molar-refractivity contribution is -0.0250. The van der Waals surface area contributed by atoms with Gasteiger partial charge in [-0.15, -0.1) is 0 Å². The summed E-state index contributed by atoms with van der Waals surface area (Å²) in [5.74, 6) is -0.305. The van der Waals surface area contributed by atoms with Crippen LogP contribution in [-0.4, -0.2) is 35.8 Å². The molecule has 1 aliphatic carbocycles. The van der Waals surface area contributed by atoms with E-state index in [1.54, 1.807) is 17.0 Å². The molecule has 0 bridgehead atoms. The van der Waals surface area contributed by atoms with Gasteiger partial charge in [0.1, 0.15) is 12.4 Å². The quantitative estimate of drug-likeness (QED) is 0.648. The van der Waals surface area contributed by atoms with Crippen molar-refractivity contribution >= 4 is 6.09 Å². The monoisotopic (exact) mass is 417 g/mol. The molecule has 4 nitrogen and oxygen atoms in total. The summed E-state index contributed by atoms with van der Waals surface area (Å²) in [4.78, 5) is 14.4. The van der Waals surface area contributed by atoms with Crippen molar-refractivity contribution in [2.45, 2.75) is 24.4 Å². The van der Waals surface area contributed by atoms with E-state index in [1.165, 1.54) is 34.4 Å². The smallest absolute Gasteiger partial charge is 0.409 e. The molecule has 5 heteroatoms. The van der Waals surface area contributed by atoms with Gasteiger partial charge in [-0.1, -0.05) is 60.7 Å². The minimum Gasteiger partial charge on any atom is -0.448 e. The van der Waals surface area contributed by atoms with Gasteiger partial charge in [0.05, 0.1) is 5.60 Å². The van der Waals surface area contributed by atoms with Crippen LogP contribution in [0.5, 0.6) is 0 Å². The zero-order valence-electron chi connectivity index (χ0n) is 17.1. The van der Waals surface area contributed by atoms with Gasteiger partial charge in [0.25, 0.3) is 0 Å². The maximum Gasteiger partial charge on any atom is 0.409 e. The number of amides is 1. The maximum atomic E-state index is 13.2. The van der Waals surface area contributed by atoms with Gasteiger partial charge in [0.2, 0.25) is 0 Å². The van der Waals surface area contributed by atoms with Gasteiger partial charge in [-0.2, -0.15) is 0 Å². The maximum absolute atomic E-state index is 13.2. The van der Waals surface area contributed by atoms with Crippen molar-refractivity contribution in [1.29, 1.82) is 0 Å². The van der Waals surface area contributed by atoms with Crippen LogP contribution in [-0.2, 0) is 10.3 Å². The van der Waals surface area contributed by atoms with Crippen LogP contribution in [0, 0.1) is 5.82 Å². The van der Waals surface area contributed by atoms with Crippen LogP contribution >= 0.6 is 0 Å². The molecule has 158 valence electrons. The van der Waals surface area contributed by atoms with E-state index < -0.39 is 5.60 Å². The van der Waals surface area contributed by atoms with Gasteiger partial charge in [0.15, 0.2) is 0 Å². The second-order valence-electron chi connectivity index (χ2n) is 8.33. The number of ether oxygens (including phenoxy) is 1. The van der Waals surface area contributed by atoms with Crippen LogP contribution in [0.1, 0.15) is 35.4 Å². The second kappa shape index (κ2) is 7.82. The fourth-order valence-electron chi connectivity index (χ4n) is 4.79. The first-order chi connectivity index (χ1) is 15.0. The molecule has 0 atom stereocenters. The number of rotatable bonds is 3. The molecule has 1 amide bonds. The Balaban J connectivity index is 1.24. The summed E-state index contributed by atoms with van der Waals surface area (Å²) in [6.45, 7) is 1.07. The molecule has 1 heterocycles. The molecule has 3 aromatic carbocycles. The SMILES string of the molecule is O=C(OCC1c2ccccc2-c2ccccc21)N1CCC(O)(c2ccc(F)cc2)CC1.